The fraction of sp³-hybridized carbons (Fsp3) is 0.500. The van der Waals surface area contributed by atoms with Crippen LogP contribution in [0.1, 0.15) is 85.8 Å². The minimum absolute atomic E-state index is 0.0182. The number of ether oxygens (including phenoxy) is 1. The zero-order valence-electron chi connectivity index (χ0n) is 22.2. The van der Waals surface area contributed by atoms with Crippen LogP contribution in [-0.4, -0.2) is 23.0 Å². The number of halogens is 1. The highest BCUT2D eigenvalue weighted by Gasteiger charge is 2.29. The summed E-state index contributed by atoms with van der Waals surface area (Å²) in [5.41, 5.74) is 2.12. The summed E-state index contributed by atoms with van der Waals surface area (Å²) in [6, 6.07) is 10.1. The van der Waals surface area contributed by atoms with Crippen LogP contribution in [-0.2, 0) is 20.4 Å². The average molecular weight is 487 g/mol. The third-order valence-corrected chi connectivity index (χ3v) is 6.92. The number of phenols is 1. The molecule has 2 rings (SSSR count). The number of phenolic OH excluding ortho intramolecular Hbond substituents is 1. The maximum Gasteiger partial charge on any atom is 0.265 e. The van der Waals surface area contributed by atoms with Crippen LogP contribution in [0.4, 0.5) is 15.9 Å². The number of benzene rings is 2. The van der Waals surface area contributed by atoms with E-state index in [4.69, 9.17) is 4.74 Å². The fourth-order valence-corrected chi connectivity index (χ4v) is 3.61. The Labute approximate surface area is 208 Å². The van der Waals surface area contributed by atoms with E-state index in [0.717, 1.165) is 25.3 Å². The molecule has 7 heteroatoms. The number of rotatable bonds is 10. The van der Waals surface area contributed by atoms with Gasteiger partial charge in [0.15, 0.2) is 6.10 Å². The van der Waals surface area contributed by atoms with Crippen LogP contribution in [0, 0.1) is 0 Å². The van der Waals surface area contributed by atoms with E-state index in [2.05, 4.69) is 59.0 Å². The zero-order valence-corrected chi connectivity index (χ0v) is 22.2. The summed E-state index contributed by atoms with van der Waals surface area (Å²) in [7, 11) is 0. The van der Waals surface area contributed by atoms with E-state index < -0.39 is 17.8 Å². The smallest absolute Gasteiger partial charge is 0.265 e. The minimum atomic E-state index is -0.865. The van der Waals surface area contributed by atoms with Gasteiger partial charge < -0.3 is 15.2 Å². The molecule has 2 amide bonds. The third-order valence-electron chi connectivity index (χ3n) is 6.92. The van der Waals surface area contributed by atoms with E-state index in [9.17, 15) is 19.2 Å². The van der Waals surface area contributed by atoms with Crippen LogP contribution < -0.4 is 15.2 Å². The van der Waals surface area contributed by atoms with E-state index in [0.29, 0.717) is 12.2 Å². The monoisotopic (exact) mass is 486 g/mol. The number of carbonyl (C=O) groups excluding carboxylic acids is 2. The predicted molar refractivity (Wildman–Crippen MR) is 139 cm³/mol. The largest absolute Gasteiger partial charge is 0.506 e. The normalized spacial score (nSPS) is 12.7. The molecule has 0 saturated heterocycles. The summed E-state index contributed by atoms with van der Waals surface area (Å²) in [5.74, 6) is -1.05. The Hall–Kier alpha value is -3.09. The van der Waals surface area contributed by atoms with Crippen molar-refractivity contribution in [2.45, 2.75) is 91.6 Å². The Morgan fingerprint density at radius 3 is 2.17 bits per heavy atom. The van der Waals surface area contributed by atoms with Crippen molar-refractivity contribution in [1.29, 1.82) is 0 Å². The van der Waals surface area contributed by atoms with Crippen LogP contribution in [0.25, 0.3) is 0 Å². The average Bonchev–Trinajstić information content (AvgIpc) is 2.81. The van der Waals surface area contributed by atoms with Gasteiger partial charge in [-0.25, -0.2) is 0 Å². The molecule has 0 aliphatic rings. The van der Waals surface area contributed by atoms with Crippen LogP contribution >= 0.6 is 0 Å². The molecule has 0 aliphatic carbocycles. The van der Waals surface area contributed by atoms with Crippen molar-refractivity contribution >= 4 is 23.2 Å². The number of hydrogen-bond donors (Lipinski definition) is 2. The zero-order chi connectivity index (χ0) is 26.6. The second-order valence-electron chi connectivity index (χ2n) is 10.2. The molecule has 192 valence electrons. The highest BCUT2D eigenvalue weighted by molar-refractivity contribution is 5.96. The molecule has 6 nitrogen and oxygen atoms in total. The van der Waals surface area contributed by atoms with E-state index >= 15 is 0 Å². The second kappa shape index (κ2) is 11.1. The molecule has 0 bridgehead atoms. The van der Waals surface area contributed by atoms with Crippen LogP contribution in [0.2, 0.25) is 0 Å². The standard InChI is InChI=1S/C28H39FN2O4/c1-9-24(26(34)30-20-13-14-22(23(33)17-20)31(29)18(4)32)35-25-15-12-19(27(5,6)10-2)16-21(25)28(7,8)11-3/h12-17,24,33H,9-11H2,1-8H3,(H,30,34). The molecule has 1 unspecified atom stereocenters. The van der Waals surface area contributed by atoms with Crippen LogP contribution in [0.15, 0.2) is 36.4 Å². The summed E-state index contributed by atoms with van der Waals surface area (Å²) in [4.78, 5) is 24.3. The van der Waals surface area contributed by atoms with Gasteiger partial charge >= 0.3 is 0 Å². The molecule has 0 spiro atoms. The van der Waals surface area contributed by atoms with Gasteiger partial charge in [-0.05, 0) is 53.9 Å². The molecule has 2 aromatic rings. The van der Waals surface area contributed by atoms with Gasteiger partial charge in [-0.15, -0.1) is 5.12 Å². The molecule has 0 aromatic heterocycles. The van der Waals surface area contributed by atoms with E-state index in [1.54, 1.807) is 0 Å². The highest BCUT2D eigenvalue weighted by atomic mass is 19.2. The van der Waals surface area contributed by atoms with Crippen molar-refractivity contribution in [1.82, 2.24) is 0 Å². The molecular weight excluding hydrogens is 447 g/mol. The van der Waals surface area contributed by atoms with Gasteiger partial charge in [-0.2, -0.15) is 0 Å². The van der Waals surface area contributed by atoms with Crippen molar-refractivity contribution in [2.24, 2.45) is 0 Å². The molecule has 2 aromatic carbocycles. The first-order chi connectivity index (χ1) is 16.3. The summed E-state index contributed by atoms with van der Waals surface area (Å²) in [6.45, 7) is 16.0. The number of hydrogen-bond acceptors (Lipinski definition) is 4. The number of nitrogens with zero attached hydrogens (tertiary/aromatic N) is 1. The van der Waals surface area contributed by atoms with Crippen molar-refractivity contribution in [2.75, 3.05) is 10.4 Å². The van der Waals surface area contributed by atoms with Gasteiger partial charge in [0, 0.05) is 24.2 Å². The predicted octanol–water partition coefficient (Wildman–Crippen LogP) is 6.80. The van der Waals surface area contributed by atoms with Gasteiger partial charge in [-0.1, -0.05) is 65.1 Å². The lowest BCUT2D eigenvalue weighted by atomic mass is 9.76. The summed E-state index contributed by atoms with van der Waals surface area (Å²) >= 11 is 0. The maximum absolute atomic E-state index is 13.8. The lowest BCUT2D eigenvalue weighted by Gasteiger charge is -2.31. The van der Waals surface area contributed by atoms with Gasteiger partial charge in [0.25, 0.3) is 11.8 Å². The number of carbonyl (C=O) groups is 2. The molecule has 0 fully saturated rings. The van der Waals surface area contributed by atoms with Crippen LogP contribution in [0.5, 0.6) is 11.5 Å². The first kappa shape index (κ1) is 28.1. The number of aromatic hydroxyl groups is 1. The topological polar surface area (TPSA) is 78.9 Å². The Balaban J connectivity index is 2.32. The van der Waals surface area contributed by atoms with Gasteiger partial charge in [-0.3, -0.25) is 9.59 Å². The molecule has 0 heterocycles. The molecule has 0 aliphatic heterocycles. The van der Waals surface area contributed by atoms with Crippen molar-refractivity contribution in [3.05, 3.63) is 47.5 Å². The van der Waals surface area contributed by atoms with E-state index in [1.165, 1.54) is 23.8 Å². The molecule has 0 radical (unpaired) electrons. The first-order valence-corrected chi connectivity index (χ1v) is 12.2. The maximum atomic E-state index is 13.8. The Kier molecular flexibility index (Phi) is 8.93. The third kappa shape index (κ3) is 6.53. The lowest BCUT2D eigenvalue weighted by Crippen LogP contribution is -2.33. The summed E-state index contributed by atoms with van der Waals surface area (Å²) in [5, 5.41) is 12.7. The Morgan fingerprint density at radius 1 is 1.03 bits per heavy atom. The molecule has 35 heavy (non-hydrogen) atoms. The summed E-state index contributed by atoms with van der Waals surface area (Å²) < 4.78 is 20.1. The first-order valence-electron chi connectivity index (χ1n) is 12.2. The summed E-state index contributed by atoms with van der Waals surface area (Å²) in [6.07, 6.45) is 1.55. The van der Waals surface area contributed by atoms with Gasteiger partial charge in [0.1, 0.15) is 17.2 Å². The van der Waals surface area contributed by atoms with E-state index in [-0.39, 0.29) is 33.2 Å². The minimum Gasteiger partial charge on any atom is -0.506 e. The Bertz CT molecular complexity index is 1060. The van der Waals surface area contributed by atoms with Crippen molar-refractivity contribution < 1.29 is 23.9 Å². The SMILES string of the molecule is CCC(Oc1ccc(C(C)(C)CC)cc1C(C)(C)CC)C(=O)Nc1ccc(N(F)C(C)=O)c(O)c1. The molecule has 2 N–H and O–H groups in total. The van der Waals surface area contributed by atoms with E-state index in [1.807, 2.05) is 13.0 Å². The van der Waals surface area contributed by atoms with Crippen LogP contribution in [0.3, 0.4) is 0 Å². The van der Waals surface area contributed by atoms with Gasteiger partial charge in [0.05, 0.1) is 0 Å². The fourth-order valence-electron chi connectivity index (χ4n) is 3.61. The van der Waals surface area contributed by atoms with Crippen molar-refractivity contribution in [3.63, 3.8) is 0 Å². The Morgan fingerprint density at radius 2 is 1.66 bits per heavy atom. The molecule has 1 atom stereocenters. The number of amides is 2. The quantitative estimate of drug-likeness (QED) is 0.362. The highest BCUT2D eigenvalue weighted by Crippen LogP contribution is 2.39. The lowest BCUT2D eigenvalue weighted by molar-refractivity contribution is -0.123. The second-order valence-corrected chi connectivity index (χ2v) is 10.2. The molecule has 0 saturated carbocycles. The van der Waals surface area contributed by atoms with Crippen molar-refractivity contribution in [3.8, 4) is 11.5 Å². The van der Waals surface area contributed by atoms with Gasteiger partial charge in [0.2, 0.25) is 0 Å². The molecular formula is C28H39FN2O4. The number of anilines is 2. The number of nitrogens with one attached hydrogen (secondary N) is 1.